The zero-order valence-corrected chi connectivity index (χ0v) is 13.7. The standard InChI is InChI=1S/C17H16Cl2N2O/c1-11-9-20-15-7-2-3-8-16(15)21(17(11)22)10-12-13(18)5-4-6-14(12)19/h2-8,11,20H,9-10H2,1H3/t11-/m1/s1. The van der Waals surface area contributed by atoms with Crippen LogP contribution in [0.25, 0.3) is 0 Å². The van der Waals surface area contributed by atoms with Gasteiger partial charge < -0.3 is 10.2 Å². The molecule has 0 saturated carbocycles. The highest BCUT2D eigenvalue weighted by molar-refractivity contribution is 6.36. The fraction of sp³-hybridized carbons (Fsp3) is 0.235. The molecule has 1 heterocycles. The van der Waals surface area contributed by atoms with E-state index in [2.05, 4.69) is 5.32 Å². The van der Waals surface area contributed by atoms with Crippen molar-refractivity contribution in [3.63, 3.8) is 0 Å². The van der Waals surface area contributed by atoms with Crippen molar-refractivity contribution in [2.45, 2.75) is 13.5 Å². The molecule has 0 aromatic heterocycles. The lowest BCUT2D eigenvalue weighted by Crippen LogP contribution is -2.35. The van der Waals surface area contributed by atoms with Crippen molar-refractivity contribution in [1.29, 1.82) is 0 Å². The first-order valence-corrected chi connectivity index (χ1v) is 7.90. The number of fused-ring (bicyclic) bond motifs is 1. The number of carbonyl (C=O) groups excluding carboxylic acids is 1. The van der Waals surface area contributed by atoms with Crippen LogP contribution in [0.3, 0.4) is 0 Å². The molecule has 114 valence electrons. The molecule has 22 heavy (non-hydrogen) atoms. The Morgan fingerprint density at radius 1 is 1.14 bits per heavy atom. The minimum Gasteiger partial charge on any atom is -0.383 e. The summed E-state index contributed by atoms with van der Waals surface area (Å²) in [5.41, 5.74) is 2.57. The van der Waals surface area contributed by atoms with Gasteiger partial charge in [0, 0.05) is 22.2 Å². The molecule has 2 aromatic rings. The number of hydrogen-bond acceptors (Lipinski definition) is 2. The Morgan fingerprint density at radius 3 is 2.55 bits per heavy atom. The molecule has 0 aliphatic carbocycles. The molecule has 1 aliphatic rings. The van der Waals surface area contributed by atoms with Gasteiger partial charge in [-0.2, -0.15) is 0 Å². The van der Waals surface area contributed by atoms with Crippen molar-refractivity contribution in [3.8, 4) is 0 Å². The van der Waals surface area contributed by atoms with E-state index in [9.17, 15) is 4.79 Å². The van der Waals surface area contributed by atoms with Crippen molar-refractivity contribution in [3.05, 3.63) is 58.1 Å². The zero-order chi connectivity index (χ0) is 15.7. The van der Waals surface area contributed by atoms with E-state index >= 15 is 0 Å². The second kappa shape index (κ2) is 6.19. The Labute approximate surface area is 139 Å². The van der Waals surface area contributed by atoms with Crippen LogP contribution >= 0.6 is 23.2 Å². The third-order valence-electron chi connectivity index (χ3n) is 3.86. The molecule has 1 amide bonds. The largest absolute Gasteiger partial charge is 0.383 e. The average Bonchev–Trinajstić information content (AvgIpc) is 2.63. The molecule has 0 unspecified atom stereocenters. The van der Waals surface area contributed by atoms with E-state index in [1.807, 2.05) is 31.2 Å². The van der Waals surface area contributed by atoms with Crippen molar-refractivity contribution >= 4 is 40.5 Å². The summed E-state index contributed by atoms with van der Waals surface area (Å²) >= 11 is 12.5. The molecular formula is C17H16Cl2N2O. The first-order valence-electron chi connectivity index (χ1n) is 7.15. The summed E-state index contributed by atoms with van der Waals surface area (Å²) < 4.78 is 0. The van der Waals surface area contributed by atoms with Gasteiger partial charge in [-0.1, -0.05) is 48.3 Å². The third-order valence-corrected chi connectivity index (χ3v) is 4.57. The maximum Gasteiger partial charge on any atom is 0.231 e. The Balaban J connectivity index is 2.05. The minimum atomic E-state index is -0.117. The number of amides is 1. The summed E-state index contributed by atoms with van der Waals surface area (Å²) in [6.45, 7) is 2.89. The Bertz CT molecular complexity index is 697. The fourth-order valence-electron chi connectivity index (χ4n) is 2.60. The predicted molar refractivity (Wildman–Crippen MR) is 91.7 cm³/mol. The number of rotatable bonds is 2. The Morgan fingerprint density at radius 2 is 1.82 bits per heavy atom. The lowest BCUT2D eigenvalue weighted by molar-refractivity contribution is -0.121. The highest BCUT2D eigenvalue weighted by atomic mass is 35.5. The van der Waals surface area contributed by atoms with Gasteiger partial charge in [0.15, 0.2) is 0 Å². The molecule has 3 rings (SSSR count). The van der Waals surface area contributed by atoms with Gasteiger partial charge in [0.05, 0.1) is 23.8 Å². The Kier molecular flexibility index (Phi) is 4.27. The quantitative estimate of drug-likeness (QED) is 0.871. The van der Waals surface area contributed by atoms with Crippen LogP contribution < -0.4 is 10.2 Å². The van der Waals surface area contributed by atoms with Crippen molar-refractivity contribution in [2.75, 3.05) is 16.8 Å². The number of hydrogen-bond donors (Lipinski definition) is 1. The third kappa shape index (κ3) is 2.79. The number of nitrogens with zero attached hydrogens (tertiary/aromatic N) is 1. The molecular weight excluding hydrogens is 319 g/mol. The van der Waals surface area contributed by atoms with Gasteiger partial charge in [0.2, 0.25) is 5.91 Å². The van der Waals surface area contributed by atoms with Gasteiger partial charge in [0.1, 0.15) is 0 Å². The SMILES string of the molecule is C[C@@H]1CNc2ccccc2N(Cc2c(Cl)cccc2Cl)C1=O. The number of nitrogens with one attached hydrogen (secondary N) is 1. The first-order chi connectivity index (χ1) is 10.6. The average molecular weight is 335 g/mol. The van der Waals surface area contributed by atoms with Crippen LogP contribution in [0.1, 0.15) is 12.5 Å². The van der Waals surface area contributed by atoms with Gasteiger partial charge in [0.25, 0.3) is 0 Å². The van der Waals surface area contributed by atoms with Crippen LogP contribution in [0, 0.1) is 5.92 Å². The van der Waals surface area contributed by atoms with Crippen molar-refractivity contribution in [2.24, 2.45) is 5.92 Å². The molecule has 1 atom stereocenters. The summed E-state index contributed by atoms with van der Waals surface area (Å²) in [7, 11) is 0. The van der Waals surface area contributed by atoms with Crippen LogP contribution in [0.5, 0.6) is 0 Å². The van der Waals surface area contributed by atoms with Gasteiger partial charge in [-0.15, -0.1) is 0 Å². The Hall–Kier alpha value is -1.71. The summed E-state index contributed by atoms with van der Waals surface area (Å²) in [6.07, 6.45) is 0. The molecule has 1 N–H and O–H groups in total. The molecule has 0 bridgehead atoms. The van der Waals surface area contributed by atoms with E-state index in [-0.39, 0.29) is 11.8 Å². The van der Waals surface area contributed by atoms with Gasteiger partial charge in [-0.3, -0.25) is 4.79 Å². The molecule has 0 fully saturated rings. The summed E-state index contributed by atoms with van der Waals surface area (Å²) in [5.74, 6) is -0.0536. The highest BCUT2D eigenvalue weighted by Gasteiger charge is 2.28. The van der Waals surface area contributed by atoms with Crippen LogP contribution in [0.15, 0.2) is 42.5 Å². The predicted octanol–water partition coefficient (Wildman–Crippen LogP) is 4.59. The number of halogens is 2. The number of anilines is 2. The number of carbonyl (C=O) groups is 1. The highest BCUT2D eigenvalue weighted by Crippen LogP contribution is 2.34. The van der Waals surface area contributed by atoms with Crippen LogP contribution in [0.4, 0.5) is 11.4 Å². The smallest absolute Gasteiger partial charge is 0.231 e. The van der Waals surface area contributed by atoms with Gasteiger partial charge in [-0.25, -0.2) is 0 Å². The van der Waals surface area contributed by atoms with E-state index in [1.54, 1.807) is 23.1 Å². The zero-order valence-electron chi connectivity index (χ0n) is 12.1. The second-order valence-electron chi connectivity index (χ2n) is 5.42. The van der Waals surface area contributed by atoms with Crippen molar-refractivity contribution < 1.29 is 4.79 Å². The van der Waals surface area contributed by atoms with Crippen molar-refractivity contribution in [1.82, 2.24) is 0 Å². The molecule has 5 heteroatoms. The summed E-state index contributed by atoms with van der Waals surface area (Å²) in [6, 6.07) is 13.2. The second-order valence-corrected chi connectivity index (χ2v) is 6.24. The number of benzene rings is 2. The first kappa shape index (κ1) is 15.2. The molecule has 0 radical (unpaired) electrons. The van der Waals surface area contributed by atoms with Gasteiger partial charge >= 0.3 is 0 Å². The van der Waals surface area contributed by atoms with E-state index in [0.29, 0.717) is 23.1 Å². The van der Waals surface area contributed by atoms with E-state index in [1.165, 1.54) is 0 Å². The molecule has 2 aromatic carbocycles. The van der Waals surface area contributed by atoms with E-state index < -0.39 is 0 Å². The number of para-hydroxylation sites is 2. The molecule has 3 nitrogen and oxygen atoms in total. The topological polar surface area (TPSA) is 32.3 Å². The van der Waals surface area contributed by atoms with E-state index in [0.717, 1.165) is 16.9 Å². The van der Waals surface area contributed by atoms with Gasteiger partial charge in [-0.05, 0) is 24.3 Å². The van der Waals surface area contributed by atoms with Crippen LogP contribution in [-0.4, -0.2) is 12.5 Å². The lowest BCUT2D eigenvalue weighted by Gasteiger charge is -2.25. The normalized spacial score (nSPS) is 17.7. The van der Waals surface area contributed by atoms with Crippen LogP contribution in [-0.2, 0) is 11.3 Å². The van der Waals surface area contributed by atoms with Crippen LogP contribution in [0.2, 0.25) is 10.0 Å². The summed E-state index contributed by atoms with van der Waals surface area (Å²) in [4.78, 5) is 14.5. The molecule has 1 aliphatic heterocycles. The monoisotopic (exact) mass is 334 g/mol. The lowest BCUT2D eigenvalue weighted by atomic mass is 10.1. The summed E-state index contributed by atoms with van der Waals surface area (Å²) in [5, 5.41) is 4.47. The molecule has 0 spiro atoms. The maximum atomic E-state index is 12.7. The minimum absolute atomic E-state index is 0.0634. The molecule has 0 saturated heterocycles. The van der Waals surface area contributed by atoms with E-state index in [4.69, 9.17) is 23.2 Å². The maximum absolute atomic E-state index is 12.7. The fourth-order valence-corrected chi connectivity index (χ4v) is 3.12.